The molecule has 0 radical (unpaired) electrons. The van der Waals surface area contributed by atoms with Gasteiger partial charge in [-0.25, -0.2) is 9.97 Å². The van der Waals surface area contributed by atoms with E-state index in [0.29, 0.717) is 5.56 Å². The van der Waals surface area contributed by atoms with Gasteiger partial charge >= 0.3 is 0 Å². The number of carbonyl (C=O) groups is 1. The molecular weight excluding hydrogens is 202 g/mol. The first-order valence-corrected chi connectivity index (χ1v) is 5.85. The molecule has 1 aromatic rings. The Labute approximate surface area is 95.7 Å². The van der Waals surface area contributed by atoms with Gasteiger partial charge in [-0.1, -0.05) is 13.3 Å². The number of anilines is 1. The van der Waals surface area contributed by atoms with Crippen molar-refractivity contribution in [2.75, 3.05) is 18.0 Å². The number of carbonyl (C=O) groups excluding carboxylic acids is 1. The third kappa shape index (κ3) is 2.38. The molecule has 1 unspecified atom stereocenters. The van der Waals surface area contributed by atoms with Gasteiger partial charge in [0.1, 0.15) is 0 Å². The first kappa shape index (κ1) is 11.0. The molecule has 0 spiro atoms. The van der Waals surface area contributed by atoms with E-state index in [1.54, 1.807) is 12.4 Å². The lowest BCUT2D eigenvalue weighted by Crippen LogP contribution is -2.22. The van der Waals surface area contributed by atoms with Gasteiger partial charge in [0, 0.05) is 25.5 Å². The minimum absolute atomic E-state index is 0.535. The van der Waals surface area contributed by atoms with E-state index in [4.69, 9.17) is 0 Å². The van der Waals surface area contributed by atoms with E-state index < -0.39 is 0 Å². The second-order valence-corrected chi connectivity index (χ2v) is 4.32. The first-order chi connectivity index (χ1) is 7.83. The van der Waals surface area contributed by atoms with Crippen LogP contribution in [0.2, 0.25) is 0 Å². The van der Waals surface area contributed by atoms with Gasteiger partial charge in [0.25, 0.3) is 0 Å². The summed E-state index contributed by atoms with van der Waals surface area (Å²) < 4.78 is 0. The van der Waals surface area contributed by atoms with Gasteiger partial charge in [0.05, 0.1) is 5.56 Å². The third-order valence-corrected chi connectivity index (χ3v) is 3.06. The highest BCUT2D eigenvalue weighted by Gasteiger charge is 2.23. The van der Waals surface area contributed by atoms with Crippen molar-refractivity contribution in [2.45, 2.75) is 26.2 Å². The van der Waals surface area contributed by atoms with Crippen molar-refractivity contribution in [3.8, 4) is 0 Å². The van der Waals surface area contributed by atoms with Gasteiger partial charge in [-0.05, 0) is 18.8 Å². The molecule has 2 rings (SSSR count). The third-order valence-electron chi connectivity index (χ3n) is 3.06. The Bertz CT molecular complexity index is 350. The molecule has 2 heterocycles. The average molecular weight is 219 g/mol. The summed E-state index contributed by atoms with van der Waals surface area (Å²) in [5.41, 5.74) is 0.535. The summed E-state index contributed by atoms with van der Waals surface area (Å²) >= 11 is 0. The number of rotatable bonds is 4. The zero-order valence-corrected chi connectivity index (χ0v) is 9.59. The summed E-state index contributed by atoms with van der Waals surface area (Å²) in [6, 6.07) is 0. The maximum atomic E-state index is 10.5. The smallest absolute Gasteiger partial charge is 0.225 e. The first-order valence-electron chi connectivity index (χ1n) is 5.85. The highest BCUT2D eigenvalue weighted by molar-refractivity contribution is 5.73. The van der Waals surface area contributed by atoms with Crippen LogP contribution in [0, 0.1) is 5.92 Å². The van der Waals surface area contributed by atoms with Crippen LogP contribution >= 0.6 is 0 Å². The molecule has 0 aromatic carbocycles. The van der Waals surface area contributed by atoms with Crippen LogP contribution in [-0.4, -0.2) is 29.3 Å². The van der Waals surface area contributed by atoms with Crippen LogP contribution in [0.4, 0.5) is 5.95 Å². The number of aldehydes is 1. The van der Waals surface area contributed by atoms with Gasteiger partial charge in [-0.2, -0.15) is 0 Å². The van der Waals surface area contributed by atoms with Gasteiger partial charge < -0.3 is 4.90 Å². The van der Waals surface area contributed by atoms with Crippen LogP contribution in [0.3, 0.4) is 0 Å². The van der Waals surface area contributed by atoms with Crippen LogP contribution in [0.25, 0.3) is 0 Å². The van der Waals surface area contributed by atoms with Crippen LogP contribution in [0.1, 0.15) is 36.5 Å². The van der Waals surface area contributed by atoms with Crippen molar-refractivity contribution in [3.63, 3.8) is 0 Å². The Kier molecular flexibility index (Phi) is 3.49. The van der Waals surface area contributed by atoms with Crippen molar-refractivity contribution in [3.05, 3.63) is 18.0 Å². The Hall–Kier alpha value is -1.45. The molecule has 1 atom stereocenters. The topological polar surface area (TPSA) is 46.1 Å². The van der Waals surface area contributed by atoms with E-state index in [-0.39, 0.29) is 0 Å². The largest absolute Gasteiger partial charge is 0.341 e. The quantitative estimate of drug-likeness (QED) is 0.726. The Morgan fingerprint density at radius 3 is 2.88 bits per heavy atom. The maximum absolute atomic E-state index is 10.5. The zero-order valence-electron chi connectivity index (χ0n) is 9.59. The summed E-state index contributed by atoms with van der Waals surface area (Å²) in [5.74, 6) is 1.53. The molecule has 1 aromatic heterocycles. The summed E-state index contributed by atoms with van der Waals surface area (Å²) in [6.07, 6.45) is 7.69. The van der Waals surface area contributed by atoms with E-state index in [1.165, 1.54) is 19.3 Å². The minimum Gasteiger partial charge on any atom is -0.341 e. The summed E-state index contributed by atoms with van der Waals surface area (Å²) in [5, 5.41) is 0. The molecule has 1 aliphatic heterocycles. The summed E-state index contributed by atoms with van der Waals surface area (Å²) in [7, 11) is 0. The molecule has 0 bridgehead atoms. The average Bonchev–Trinajstić information content (AvgIpc) is 2.78. The fourth-order valence-corrected chi connectivity index (χ4v) is 2.21. The highest BCUT2D eigenvalue weighted by Crippen LogP contribution is 2.23. The van der Waals surface area contributed by atoms with Gasteiger partial charge in [0.15, 0.2) is 6.29 Å². The molecule has 1 aliphatic rings. The summed E-state index contributed by atoms with van der Waals surface area (Å²) in [6.45, 7) is 4.30. The normalized spacial score (nSPS) is 20.1. The fourth-order valence-electron chi connectivity index (χ4n) is 2.21. The number of hydrogen-bond donors (Lipinski definition) is 0. The zero-order chi connectivity index (χ0) is 11.4. The van der Waals surface area contributed by atoms with Crippen molar-refractivity contribution in [1.82, 2.24) is 9.97 Å². The molecule has 0 amide bonds. The second kappa shape index (κ2) is 5.05. The maximum Gasteiger partial charge on any atom is 0.225 e. The van der Waals surface area contributed by atoms with Gasteiger partial charge in [0.2, 0.25) is 5.95 Å². The van der Waals surface area contributed by atoms with Gasteiger partial charge in [-0.3, -0.25) is 4.79 Å². The molecule has 0 N–H and O–H groups in total. The lowest BCUT2D eigenvalue weighted by molar-refractivity contribution is 0.112. The molecular formula is C12H17N3O. The molecule has 0 aliphatic carbocycles. The van der Waals surface area contributed by atoms with E-state index in [0.717, 1.165) is 31.2 Å². The molecule has 16 heavy (non-hydrogen) atoms. The predicted octanol–water partition coefficient (Wildman–Crippen LogP) is 1.92. The van der Waals surface area contributed by atoms with Crippen molar-refractivity contribution >= 4 is 12.2 Å². The van der Waals surface area contributed by atoms with Crippen LogP contribution in [0.15, 0.2) is 12.4 Å². The van der Waals surface area contributed by atoms with Gasteiger partial charge in [-0.15, -0.1) is 0 Å². The molecule has 1 saturated heterocycles. The Balaban J connectivity index is 2.00. The van der Waals surface area contributed by atoms with Crippen molar-refractivity contribution in [2.24, 2.45) is 5.92 Å². The second-order valence-electron chi connectivity index (χ2n) is 4.32. The van der Waals surface area contributed by atoms with Crippen molar-refractivity contribution < 1.29 is 4.79 Å². The number of nitrogens with zero attached hydrogens (tertiary/aromatic N) is 3. The van der Waals surface area contributed by atoms with E-state index in [9.17, 15) is 4.79 Å². The molecule has 86 valence electrons. The number of hydrogen-bond acceptors (Lipinski definition) is 4. The molecule has 4 nitrogen and oxygen atoms in total. The fraction of sp³-hybridized carbons (Fsp3) is 0.583. The molecule has 0 saturated carbocycles. The number of aromatic nitrogens is 2. The van der Waals surface area contributed by atoms with E-state index in [1.807, 2.05) is 0 Å². The minimum atomic E-state index is 0.535. The monoisotopic (exact) mass is 219 g/mol. The van der Waals surface area contributed by atoms with E-state index in [2.05, 4.69) is 21.8 Å². The van der Waals surface area contributed by atoms with Crippen LogP contribution in [0.5, 0.6) is 0 Å². The molecule has 4 heteroatoms. The Morgan fingerprint density at radius 1 is 1.50 bits per heavy atom. The Morgan fingerprint density at radius 2 is 2.25 bits per heavy atom. The van der Waals surface area contributed by atoms with Crippen LogP contribution < -0.4 is 4.90 Å². The highest BCUT2D eigenvalue weighted by atomic mass is 16.1. The predicted molar refractivity (Wildman–Crippen MR) is 62.6 cm³/mol. The lowest BCUT2D eigenvalue weighted by Gasteiger charge is -2.15. The van der Waals surface area contributed by atoms with Crippen LogP contribution in [-0.2, 0) is 0 Å². The molecule has 1 fully saturated rings. The van der Waals surface area contributed by atoms with E-state index >= 15 is 0 Å². The SMILES string of the molecule is CCCC1CCN(c2ncc(C=O)cn2)C1. The standard InChI is InChI=1S/C12H17N3O/c1-2-3-10-4-5-15(8-10)12-13-6-11(9-16)7-14-12/h6-7,9-10H,2-5,8H2,1H3. The van der Waals surface area contributed by atoms with Crippen molar-refractivity contribution in [1.29, 1.82) is 0 Å². The lowest BCUT2D eigenvalue weighted by atomic mass is 10.0. The summed E-state index contributed by atoms with van der Waals surface area (Å²) in [4.78, 5) is 21.1.